The molecule has 9 heteroatoms. The second-order valence-corrected chi connectivity index (χ2v) is 5.59. The average Bonchev–Trinajstić information content (AvgIpc) is 2.66. The number of anilines is 1. The Morgan fingerprint density at radius 3 is 2.52 bits per heavy atom. The molecular formula is C18H15ClN2O6. The zero-order valence-electron chi connectivity index (χ0n) is 14.2. The molecule has 0 atom stereocenters. The predicted octanol–water partition coefficient (Wildman–Crippen LogP) is 3.45. The van der Waals surface area contributed by atoms with Crippen molar-refractivity contribution in [1.82, 2.24) is 0 Å². The van der Waals surface area contributed by atoms with Crippen molar-refractivity contribution >= 4 is 40.9 Å². The first-order chi connectivity index (χ1) is 12.9. The molecule has 140 valence electrons. The molecule has 0 saturated heterocycles. The number of nitro benzene ring substituents is 1. The lowest BCUT2D eigenvalue weighted by Gasteiger charge is -2.07. The van der Waals surface area contributed by atoms with Crippen LogP contribution in [0.4, 0.5) is 11.4 Å². The lowest BCUT2D eigenvalue weighted by atomic mass is 10.2. The van der Waals surface area contributed by atoms with Crippen molar-refractivity contribution in [2.45, 2.75) is 0 Å². The summed E-state index contributed by atoms with van der Waals surface area (Å²) >= 11 is 5.87. The molecule has 0 heterocycles. The van der Waals surface area contributed by atoms with Crippen LogP contribution in [0.15, 0.2) is 48.5 Å². The number of carbonyl (C=O) groups excluding carboxylic acids is 2. The third-order valence-electron chi connectivity index (χ3n) is 3.31. The summed E-state index contributed by atoms with van der Waals surface area (Å²) in [6, 6.07) is 10.6. The largest absolute Gasteiger partial charge is 0.497 e. The number of hydrogen-bond acceptors (Lipinski definition) is 6. The van der Waals surface area contributed by atoms with Crippen LogP contribution in [-0.4, -0.2) is 30.5 Å². The van der Waals surface area contributed by atoms with Crippen molar-refractivity contribution in [3.63, 3.8) is 0 Å². The van der Waals surface area contributed by atoms with E-state index in [1.54, 1.807) is 31.4 Å². The minimum Gasteiger partial charge on any atom is -0.497 e. The second kappa shape index (κ2) is 9.35. The van der Waals surface area contributed by atoms with Crippen molar-refractivity contribution in [3.8, 4) is 5.75 Å². The van der Waals surface area contributed by atoms with Gasteiger partial charge in [0, 0.05) is 18.2 Å². The van der Waals surface area contributed by atoms with Crippen LogP contribution in [0.3, 0.4) is 0 Å². The molecular weight excluding hydrogens is 376 g/mol. The quantitative estimate of drug-likeness (QED) is 0.336. The highest BCUT2D eigenvalue weighted by molar-refractivity contribution is 6.34. The molecule has 0 aliphatic rings. The summed E-state index contributed by atoms with van der Waals surface area (Å²) in [7, 11) is 1.55. The molecule has 0 aliphatic carbocycles. The first kappa shape index (κ1) is 19.9. The fourth-order valence-electron chi connectivity index (χ4n) is 1.97. The Morgan fingerprint density at radius 2 is 1.93 bits per heavy atom. The number of esters is 1. The zero-order valence-corrected chi connectivity index (χ0v) is 14.9. The van der Waals surface area contributed by atoms with Gasteiger partial charge in [0.2, 0.25) is 0 Å². The third kappa shape index (κ3) is 6.12. The minimum atomic E-state index is -0.698. The number of nitro groups is 1. The molecule has 1 amide bonds. The normalized spacial score (nSPS) is 10.4. The summed E-state index contributed by atoms with van der Waals surface area (Å²) < 4.78 is 9.86. The van der Waals surface area contributed by atoms with Crippen LogP contribution < -0.4 is 10.1 Å². The van der Waals surface area contributed by atoms with E-state index in [0.717, 1.165) is 11.6 Å². The van der Waals surface area contributed by atoms with E-state index in [0.29, 0.717) is 5.75 Å². The number of nitrogens with zero attached hydrogens (tertiary/aromatic N) is 1. The Labute approximate surface area is 159 Å². The standard InChI is InChI=1S/C18H15ClN2O6/c1-26-14-6-2-12(3-7-14)4-9-18(23)27-11-17(22)20-16-8-5-13(21(24)25)10-15(16)19/h2-10H,11H2,1H3,(H,20,22)/b9-4+. The Bertz CT molecular complexity index is 880. The van der Waals surface area contributed by atoms with Gasteiger partial charge in [0.15, 0.2) is 6.61 Å². The van der Waals surface area contributed by atoms with Crippen LogP contribution in [0, 0.1) is 10.1 Å². The summed E-state index contributed by atoms with van der Waals surface area (Å²) in [5.74, 6) is -0.635. The van der Waals surface area contributed by atoms with E-state index < -0.39 is 23.4 Å². The summed E-state index contributed by atoms with van der Waals surface area (Å²) in [5, 5.41) is 13.1. The van der Waals surface area contributed by atoms with Gasteiger partial charge in [-0.15, -0.1) is 0 Å². The van der Waals surface area contributed by atoms with E-state index in [9.17, 15) is 19.7 Å². The van der Waals surface area contributed by atoms with Gasteiger partial charge in [-0.2, -0.15) is 0 Å². The highest BCUT2D eigenvalue weighted by atomic mass is 35.5. The van der Waals surface area contributed by atoms with Crippen molar-refractivity contribution in [2.75, 3.05) is 19.0 Å². The number of ether oxygens (including phenoxy) is 2. The van der Waals surface area contributed by atoms with Crippen LogP contribution >= 0.6 is 11.6 Å². The highest BCUT2D eigenvalue weighted by Crippen LogP contribution is 2.26. The summed E-state index contributed by atoms with van der Waals surface area (Å²) in [6.45, 7) is -0.529. The lowest BCUT2D eigenvalue weighted by Crippen LogP contribution is -2.20. The van der Waals surface area contributed by atoms with Crippen molar-refractivity contribution in [3.05, 3.63) is 69.2 Å². The smallest absolute Gasteiger partial charge is 0.331 e. The van der Waals surface area contributed by atoms with Crippen molar-refractivity contribution in [2.24, 2.45) is 0 Å². The summed E-state index contributed by atoms with van der Waals surface area (Å²) in [6.07, 6.45) is 2.72. The van der Waals surface area contributed by atoms with Crippen LogP contribution in [0.1, 0.15) is 5.56 Å². The highest BCUT2D eigenvalue weighted by Gasteiger charge is 2.12. The molecule has 1 N–H and O–H groups in total. The van der Waals surface area contributed by atoms with Crippen LogP contribution in [-0.2, 0) is 14.3 Å². The lowest BCUT2D eigenvalue weighted by molar-refractivity contribution is -0.384. The molecule has 2 rings (SSSR count). The van der Waals surface area contributed by atoms with Gasteiger partial charge in [-0.25, -0.2) is 4.79 Å². The van der Waals surface area contributed by atoms with Gasteiger partial charge in [-0.05, 0) is 29.8 Å². The van der Waals surface area contributed by atoms with Gasteiger partial charge in [0.1, 0.15) is 5.75 Å². The summed E-state index contributed by atoms with van der Waals surface area (Å²) in [4.78, 5) is 33.5. The van der Waals surface area contributed by atoms with E-state index in [-0.39, 0.29) is 16.4 Å². The molecule has 0 unspecified atom stereocenters. The summed E-state index contributed by atoms with van der Waals surface area (Å²) in [5.41, 5.74) is 0.736. The van der Waals surface area contributed by atoms with Crippen LogP contribution in [0.2, 0.25) is 5.02 Å². The maximum Gasteiger partial charge on any atom is 0.331 e. The topological polar surface area (TPSA) is 108 Å². The van der Waals surface area contributed by atoms with Gasteiger partial charge in [-0.3, -0.25) is 14.9 Å². The van der Waals surface area contributed by atoms with Crippen molar-refractivity contribution in [1.29, 1.82) is 0 Å². The Kier molecular flexibility index (Phi) is 6.90. The third-order valence-corrected chi connectivity index (χ3v) is 3.62. The average molecular weight is 391 g/mol. The molecule has 0 aliphatic heterocycles. The van der Waals surface area contributed by atoms with E-state index in [4.69, 9.17) is 21.1 Å². The maximum atomic E-state index is 11.8. The van der Waals surface area contributed by atoms with Gasteiger partial charge >= 0.3 is 5.97 Å². The fourth-order valence-corrected chi connectivity index (χ4v) is 2.19. The van der Waals surface area contributed by atoms with Crippen LogP contribution in [0.5, 0.6) is 5.75 Å². The SMILES string of the molecule is COc1ccc(/C=C/C(=O)OCC(=O)Nc2ccc([N+](=O)[O-])cc2Cl)cc1. The number of halogens is 1. The number of carbonyl (C=O) groups is 2. The Hall–Kier alpha value is -3.39. The van der Waals surface area contributed by atoms with E-state index in [1.165, 1.54) is 24.3 Å². The second-order valence-electron chi connectivity index (χ2n) is 5.18. The number of methoxy groups -OCH3 is 1. The first-order valence-corrected chi connectivity index (χ1v) is 7.99. The number of amides is 1. The molecule has 0 aromatic heterocycles. The number of nitrogens with one attached hydrogen (secondary N) is 1. The molecule has 0 bridgehead atoms. The van der Waals surface area contributed by atoms with Crippen molar-refractivity contribution < 1.29 is 24.0 Å². The zero-order chi connectivity index (χ0) is 19.8. The fraction of sp³-hybridized carbons (Fsp3) is 0.111. The minimum absolute atomic E-state index is 0.00304. The number of benzene rings is 2. The molecule has 27 heavy (non-hydrogen) atoms. The Morgan fingerprint density at radius 1 is 1.22 bits per heavy atom. The molecule has 0 spiro atoms. The van der Waals surface area contributed by atoms with Gasteiger partial charge < -0.3 is 14.8 Å². The molecule has 8 nitrogen and oxygen atoms in total. The Balaban J connectivity index is 1.84. The van der Waals surface area contributed by atoms with Gasteiger partial charge in [0.05, 0.1) is 22.7 Å². The van der Waals surface area contributed by atoms with Gasteiger partial charge in [-0.1, -0.05) is 23.7 Å². The van der Waals surface area contributed by atoms with Crippen LogP contribution in [0.25, 0.3) is 6.08 Å². The van der Waals surface area contributed by atoms with E-state index >= 15 is 0 Å². The first-order valence-electron chi connectivity index (χ1n) is 7.61. The number of non-ortho nitro benzene ring substituents is 1. The molecule has 2 aromatic carbocycles. The van der Waals surface area contributed by atoms with Gasteiger partial charge in [0.25, 0.3) is 11.6 Å². The van der Waals surface area contributed by atoms with E-state index in [2.05, 4.69) is 5.32 Å². The number of rotatable bonds is 7. The molecule has 0 radical (unpaired) electrons. The molecule has 2 aromatic rings. The molecule has 0 fully saturated rings. The molecule has 0 saturated carbocycles. The maximum absolute atomic E-state index is 11.8. The van der Waals surface area contributed by atoms with E-state index in [1.807, 2.05) is 0 Å². The number of hydrogen-bond donors (Lipinski definition) is 1. The predicted molar refractivity (Wildman–Crippen MR) is 99.7 cm³/mol. The monoisotopic (exact) mass is 390 g/mol.